The van der Waals surface area contributed by atoms with E-state index in [1.165, 1.54) is 6.07 Å². The lowest BCUT2D eigenvalue weighted by atomic mass is 10.1. The molecule has 0 saturated heterocycles. The normalized spacial score (nSPS) is 10.3. The summed E-state index contributed by atoms with van der Waals surface area (Å²) in [5.41, 5.74) is 2.03. The van der Waals surface area contributed by atoms with Crippen molar-refractivity contribution in [3.05, 3.63) is 64.7 Å². The zero-order valence-electron chi connectivity index (χ0n) is 10.5. The highest BCUT2D eigenvalue weighted by Crippen LogP contribution is 2.18. The van der Waals surface area contributed by atoms with E-state index in [1.807, 2.05) is 19.9 Å². The Morgan fingerprint density at radius 3 is 2.32 bits per heavy atom. The molecule has 2 rings (SSSR count). The first kappa shape index (κ1) is 13.2. The molecule has 0 amide bonds. The van der Waals surface area contributed by atoms with Crippen LogP contribution < -0.4 is 4.74 Å². The molecule has 98 valence electrons. The number of rotatable bonds is 2. The Labute approximate surface area is 109 Å². The van der Waals surface area contributed by atoms with Crippen LogP contribution in [0.4, 0.5) is 8.78 Å². The highest BCUT2D eigenvalue weighted by Gasteiger charge is 2.12. The summed E-state index contributed by atoms with van der Waals surface area (Å²) in [6, 6.07) is 8.09. The van der Waals surface area contributed by atoms with Gasteiger partial charge in [-0.15, -0.1) is 0 Å². The van der Waals surface area contributed by atoms with E-state index < -0.39 is 17.6 Å². The molecule has 19 heavy (non-hydrogen) atoms. The van der Waals surface area contributed by atoms with Crippen molar-refractivity contribution in [1.82, 2.24) is 0 Å². The topological polar surface area (TPSA) is 26.3 Å². The number of carbonyl (C=O) groups excluding carboxylic acids is 1. The molecule has 2 aromatic carbocycles. The first-order valence-corrected chi connectivity index (χ1v) is 5.72. The minimum absolute atomic E-state index is 0.0304. The van der Waals surface area contributed by atoms with Crippen molar-refractivity contribution in [2.45, 2.75) is 13.8 Å². The summed E-state index contributed by atoms with van der Waals surface area (Å²) in [6.07, 6.45) is 0. The molecule has 0 bridgehead atoms. The lowest BCUT2D eigenvalue weighted by Crippen LogP contribution is -2.09. The highest BCUT2D eigenvalue weighted by molar-refractivity contribution is 5.91. The molecule has 0 unspecified atom stereocenters. The second-order valence-corrected chi connectivity index (χ2v) is 4.26. The fourth-order valence-electron chi connectivity index (χ4n) is 1.57. The quantitative estimate of drug-likeness (QED) is 0.607. The number of aryl methyl sites for hydroxylation is 2. The molecule has 0 aliphatic heterocycles. The fraction of sp³-hybridized carbons (Fsp3) is 0.133. The first-order chi connectivity index (χ1) is 8.97. The maximum atomic E-state index is 13.0. The summed E-state index contributed by atoms with van der Waals surface area (Å²) in [6.45, 7) is 3.83. The first-order valence-electron chi connectivity index (χ1n) is 5.72. The van der Waals surface area contributed by atoms with Crippen LogP contribution in [0.1, 0.15) is 21.5 Å². The zero-order chi connectivity index (χ0) is 14.0. The Hall–Kier alpha value is -2.23. The van der Waals surface area contributed by atoms with E-state index >= 15 is 0 Å². The molecule has 0 atom stereocenters. The number of carbonyl (C=O) groups is 1. The van der Waals surface area contributed by atoms with Crippen molar-refractivity contribution in [3.63, 3.8) is 0 Å². The van der Waals surface area contributed by atoms with Gasteiger partial charge in [0.15, 0.2) is 11.6 Å². The van der Waals surface area contributed by atoms with Crippen LogP contribution in [0.25, 0.3) is 0 Å². The maximum Gasteiger partial charge on any atom is 0.343 e. The maximum absolute atomic E-state index is 13.0. The van der Waals surface area contributed by atoms with Crippen molar-refractivity contribution in [1.29, 1.82) is 0 Å². The summed E-state index contributed by atoms with van der Waals surface area (Å²) in [4.78, 5) is 11.8. The van der Waals surface area contributed by atoms with Gasteiger partial charge in [-0.05, 0) is 55.3 Å². The van der Waals surface area contributed by atoms with Crippen molar-refractivity contribution in [2.75, 3.05) is 0 Å². The summed E-state index contributed by atoms with van der Waals surface area (Å²) in [5.74, 6) is -2.42. The van der Waals surface area contributed by atoms with Gasteiger partial charge >= 0.3 is 5.97 Å². The third-order valence-corrected chi connectivity index (χ3v) is 2.84. The largest absolute Gasteiger partial charge is 0.423 e. The minimum Gasteiger partial charge on any atom is -0.423 e. The van der Waals surface area contributed by atoms with Crippen LogP contribution >= 0.6 is 0 Å². The van der Waals surface area contributed by atoms with Gasteiger partial charge in [0.2, 0.25) is 0 Å². The number of hydrogen-bond donors (Lipinski definition) is 0. The van der Waals surface area contributed by atoms with Gasteiger partial charge in [0.05, 0.1) is 5.56 Å². The molecule has 0 N–H and O–H groups in total. The smallest absolute Gasteiger partial charge is 0.343 e. The van der Waals surface area contributed by atoms with Crippen LogP contribution in [-0.4, -0.2) is 5.97 Å². The summed E-state index contributed by atoms with van der Waals surface area (Å²) in [5, 5.41) is 0. The molecule has 0 fully saturated rings. The van der Waals surface area contributed by atoms with Crippen molar-refractivity contribution >= 4 is 5.97 Å². The van der Waals surface area contributed by atoms with Gasteiger partial charge in [0.25, 0.3) is 0 Å². The Morgan fingerprint density at radius 1 is 0.947 bits per heavy atom. The zero-order valence-corrected chi connectivity index (χ0v) is 10.5. The summed E-state index contributed by atoms with van der Waals surface area (Å²) in [7, 11) is 0. The van der Waals surface area contributed by atoms with Gasteiger partial charge in [0, 0.05) is 0 Å². The molecule has 2 aromatic rings. The van der Waals surface area contributed by atoms with E-state index in [1.54, 1.807) is 12.1 Å². The van der Waals surface area contributed by atoms with Crippen molar-refractivity contribution < 1.29 is 18.3 Å². The average molecular weight is 262 g/mol. The van der Waals surface area contributed by atoms with E-state index in [9.17, 15) is 13.6 Å². The molecule has 0 saturated carbocycles. The molecule has 0 spiro atoms. The second-order valence-electron chi connectivity index (χ2n) is 4.26. The number of ether oxygens (including phenoxy) is 1. The van der Waals surface area contributed by atoms with Gasteiger partial charge < -0.3 is 4.74 Å². The van der Waals surface area contributed by atoms with E-state index in [0.29, 0.717) is 5.75 Å². The van der Waals surface area contributed by atoms with E-state index in [2.05, 4.69) is 0 Å². The fourth-order valence-corrected chi connectivity index (χ4v) is 1.57. The van der Waals surface area contributed by atoms with E-state index in [-0.39, 0.29) is 5.56 Å². The molecule has 0 aromatic heterocycles. The van der Waals surface area contributed by atoms with Crippen molar-refractivity contribution in [2.24, 2.45) is 0 Å². The van der Waals surface area contributed by atoms with Gasteiger partial charge in [0.1, 0.15) is 5.75 Å². The molecule has 4 heteroatoms. The third-order valence-electron chi connectivity index (χ3n) is 2.84. The van der Waals surface area contributed by atoms with Crippen LogP contribution in [0.3, 0.4) is 0 Å². The van der Waals surface area contributed by atoms with Gasteiger partial charge in [-0.3, -0.25) is 0 Å². The highest BCUT2D eigenvalue weighted by atomic mass is 19.2. The van der Waals surface area contributed by atoms with Crippen LogP contribution in [0.5, 0.6) is 5.75 Å². The predicted octanol–water partition coefficient (Wildman–Crippen LogP) is 3.80. The van der Waals surface area contributed by atoms with Crippen LogP contribution in [0, 0.1) is 25.5 Å². The molecule has 0 radical (unpaired) electrons. The molecular weight excluding hydrogens is 250 g/mol. The molecule has 2 nitrogen and oxygen atoms in total. The average Bonchev–Trinajstić information content (AvgIpc) is 2.37. The van der Waals surface area contributed by atoms with E-state index in [4.69, 9.17) is 4.74 Å². The van der Waals surface area contributed by atoms with Crippen LogP contribution in [0.2, 0.25) is 0 Å². The Kier molecular flexibility index (Phi) is 3.60. The monoisotopic (exact) mass is 262 g/mol. The SMILES string of the molecule is Cc1ccc(OC(=O)c2ccc(F)c(F)c2)cc1C. The molecule has 0 aliphatic rings. The lowest BCUT2D eigenvalue weighted by molar-refractivity contribution is 0.0734. The standard InChI is InChI=1S/C15H12F2O2/c1-9-3-5-12(7-10(9)2)19-15(18)11-4-6-13(16)14(17)8-11/h3-8H,1-2H3. The molecule has 0 aliphatic carbocycles. The van der Waals surface area contributed by atoms with Crippen LogP contribution in [-0.2, 0) is 0 Å². The summed E-state index contributed by atoms with van der Waals surface area (Å²) >= 11 is 0. The van der Waals surface area contributed by atoms with Gasteiger partial charge in [-0.25, -0.2) is 13.6 Å². The third kappa shape index (κ3) is 2.96. The second kappa shape index (κ2) is 5.18. The minimum atomic E-state index is -1.07. The number of esters is 1. The van der Waals surface area contributed by atoms with Crippen LogP contribution in [0.15, 0.2) is 36.4 Å². The van der Waals surface area contributed by atoms with Gasteiger partial charge in [-0.2, -0.15) is 0 Å². The van der Waals surface area contributed by atoms with E-state index in [0.717, 1.165) is 23.3 Å². The predicted molar refractivity (Wildman–Crippen MR) is 67.2 cm³/mol. The lowest BCUT2D eigenvalue weighted by Gasteiger charge is -2.07. The Morgan fingerprint density at radius 2 is 1.68 bits per heavy atom. The molecule has 0 heterocycles. The number of hydrogen-bond acceptors (Lipinski definition) is 2. The van der Waals surface area contributed by atoms with Gasteiger partial charge in [-0.1, -0.05) is 6.07 Å². The van der Waals surface area contributed by atoms with Crippen molar-refractivity contribution in [3.8, 4) is 5.75 Å². The Balaban J connectivity index is 2.20. The summed E-state index contributed by atoms with van der Waals surface area (Å²) < 4.78 is 30.9. The Bertz CT molecular complexity index is 636. The number of benzene rings is 2. The molecular formula is C15H12F2O2. The number of halogens is 2.